The quantitative estimate of drug-likeness (QED) is 0.885. The molecule has 1 aromatic rings. The van der Waals surface area contributed by atoms with Gasteiger partial charge in [0, 0.05) is 5.69 Å². The molecular weight excluding hydrogens is 254 g/mol. The predicted molar refractivity (Wildman–Crippen MR) is 79.2 cm³/mol. The molecule has 1 fully saturated rings. The Balaban J connectivity index is 2.28. The van der Waals surface area contributed by atoms with Crippen LogP contribution in [0.5, 0.6) is 5.75 Å². The van der Waals surface area contributed by atoms with Gasteiger partial charge in [0.15, 0.2) is 0 Å². The Bertz CT molecular complexity index is 495. The van der Waals surface area contributed by atoms with Crippen molar-refractivity contribution in [3.63, 3.8) is 0 Å². The van der Waals surface area contributed by atoms with Crippen LogP contribution < -0.4 is 10.1 Å². The highest BCUT2D eigenvalue weighted by Crippen LogP contribution is 2.49. The van der Waals surface area contributed by atoms with Gasteiger partial charge in [-0.15, -0.1) is 0 Å². The molecule has 4 heteroatoms. The van der Waals surface area contributed by atoms with Crippen molar-refractivity contribution in [2.75, 3.05) is 12.4 Å². The number of anilines is 1. The lowest BCUT2D eigenvalue weighted by Gasteiger charge is -2.32. The minimum absolute atomic E-state index is 0.0390. The molecule has 0 amide bonds. The number of benzene rings is 1. The van der Waals surface area contributed by atoms with Gasteiger partial charge in [-0.3, -0.25) is 0 Å². The maximum absolute atomic E-state index is 11.9. The average molecular weight is 277 g/mol. The van der Waals surface area contributed by atoms with Crippen LogP contribution in [-0.2, 0) is 4.79 Å². The summed E-state index contributed by atoms with van der Waals surface area (Å²) < 4.78 is 5.12. The third-order valence-electron chi connectivity index (χ3n) is 4.30. The molecule has 2 unspecified atom stereocenters. The summed E-state index contributed by atoms with van der Waals surface area (Å²) in [6.45, 7) is 6.27. The van der Waals surface area contributed by atoms with E-state index in [0.29, 0.717) is 6.42 Å². The largest absolute Gasteiger partial charge is 0.497 e. The number of hydrogen-bond donors (Lipinski definition) is 2. The molecule has 2 N–H and O–H groups in total. The summed E-state index contributed by atoms with van der Waals surface area (Å²) in [5, 5.41) is 13.0. The maximum Gasteiger partial charge on any atom is 0.329 e. The van der Waals surface area contributed by atoms with E-state index in [2.05, 4.69) is 19.2 Å². The molecule has 0 aromatic heterocycles. The molecule has 20 heavy (non-hydrogen) atoms. The van der Waals surface area contributed by atoms with Crippen molar-refractivity contribution in [1.82, 2.24) is 0 Å². The first-order valence-corrected chi connectivity index (χ1v) is 6.95. The van der Waals surface area contributed by atoms with Crippen molar-refractivity contribution < 1.29 is 14.6 Å². The fraction of sp³-hybridized carbons (Fsp3) is 0.562. The Kier molecular flexibility index (Phi) is 3.67. The van der Waals surface area contributed by atoms with Gasteiger partial charge in [0.25, 0.3) is 0 Å². The van der Waals surface area contributed by atoms with E-state index in [1.165, 1.54) is 0 Å². The standard InChI is InChI=1S/C16H23NO3/c1-11-9-15(2,3)10-16(11,14(18)19)17-12-5-7-13(20-4)8-6-12/h5-8,11,17H,9-10H2,1-4H3,(H,18,19). The van der Waals surface area contributed by atoms with Crippen LogP contribution in [0.2, 0.25) is 0 Å². The van der Waals surface area contributed by atoms with E-state index >= 15 is 0 Å². The van der Waals surface area contributed by atoms with E-state index in [0.717, 1.165) is 17.9 Å². The van der Waals surface area contributed by atoms with Crippen molar-refractivity contribution in [2.45, 2.75) is 39.2 Å². The van der Waals surface area contributed by atoms with E-state index < -0.39 is 11.5 Å². The Morgan fingerprint density at radius 1 is 1.35 bits per heavy atom. The zero-order valence-electron chi connectivity index (χ0n) is 12.6. The molecule has 0 heterocycles. The summed E-state index contributed by atoms with van der Waals surface area (Å²) in [5.41, 5.74) is -0.0345. The lowest BCUT2D eigenvalue weighted by atomic mass is 9.86. The fourth-order valence-electron chi connectivity index (χ4n) is 3.44. The molecule has 2 atom stereocenters. The van der Waals surface area contributed by atoms with Crippen molar-refractivity contribution in [3.8, 4) is 5.75 Å². The van der Waals surface area contributed by atoms with Crippen molar-refractivity contribution >= 4 is 11.7 Å². The number of aliphatic carboxylic acids is 1. The van der Waals surface area contributed by atoms with Crippen LogP contribution in [0, 0.1) is 11.3 Å². The summed E-state index contributed by atoms with van der Waals surface area (Å²) in [4.78, 5) is 11.9. The first-order valence-electron chi connectivity index (χ1n) is 6.95. The van der Waals surface area contributed by atoms with Crippen molar-refractivity contribution in [2.24, 2.45) is 11.3 Å². The van der Waals surface area contributed by atoms with E-state index in [1.807, 2.05) is 31.2 Å². The first kappa shape index (κ1) is 14.7. The van der Waals surface area contributed by atoms with E-state index in [4.69, 9.17) is 4.74 Å². The second kappa shape index (κ2) is 5.00. The predicted octanol–water partition coefficient (Wildman–Crippen LogP) is 3.39. The van der Waals surface area contributed by atoms with Crippen molar-refractivity contribution in [3.05, 3.63) is 24.3 Å². The Morgan fingerprint density at radius 2 is 1.95 bits per heavy atom. The van der Waals surface area contributed by atoms with Crippen LogP contribution in [-0.4, -0.2) is 23.7 Å². The normalized spacial score (nSPS) is 28.1. The van der Waals surface area contributed by atoms with E-state index in [-0.39, 0.29) is 11.3 Å². The smallest absolute Gasteiger partial charge is 0.329 e. The molecule has 1 aliphatic rings. The zero-order valence-corrected chi connectivity index (χ0v) is 12.6. The second-order valence-electron chi connectivity index (χ2n) is 6.58. The fourth-order valence-corrected chi connectivity index (χ4v) is 3.44. The van der Waals surface area contributed by atoms with Crippen LogP contribution in [0.3, 0.4) is 0 Å². The molecule has 110 valence electrons. The van der Waals surface area contributed by atoms with Gasteiger partial charge in [0.05, 0.1) is 7.11 Å². The van der Waals surface area contributed by atoms with Gasteiger partial charge in [-0.2, -0.15) is 0 Å². The molecule has 0 spiro atoms. The second-order valence-corrected chi connectivity index (χ2v) is 6.58. The highest BCUT2D eigenvalue weighted by Gasteiger charge is 2.53. The number of carboxylic acid groups (broad SMARTS) is 1. The first-order chi connectivity index (χ1) is 9.29. The number of ether oxygens (including phenoxy) is 1. The Hall–Kier alpha value is -1.71. The summed E-state index contributed by atoms with van der Waals surface area (Å²) in [5.74, 6) is 0.0724. The molecule has 0 aliphatic heterocycles. The van der Waals surface area contributed by atoms with Gasteiger partial charge in [-0.25, -0.2) is 4.79 Å². The van der Waals surface area contributed by atoms with Gasteiger partial charge in [0.2, 0.25) is 0 Å². The highest BCUT2D eigenvalue weighted by atomic mass is 16.5. The molecule has 0 radical (unpaired) electrons. The molecule has 4 nitrogen and oxygen atoms in total. The third-order valence-corrected chi connectivity index (χ3v) is 4.30. The van der Waals surface area contributed by atoms with E-state index in [9.17, 15) is 9.90 Å². The molecule has 1 aliphatic carbocycles. The minimum atomic E-state index is -0.891. The minimum Gasteiger partial charge on any atom is -0.497 e. The Morgan fingerprint density at radius 3 is 2.35 bits per heavy atom. The average Bonchev–Trinajstić information content (AvgIpc) is 2.61. The zero-order chi connectivity index (χ0) is 15.0. The Labute approximate surface area is 120 Å². The van der Waals surface area contributed by atoms with Crippen LogP contribution in [0.1, 0.15) is 33.6 Å². The molecule has 0 bridgehead atoms. The van der Waals surface area contributed by atoms with Gasteiger partial charge in [0.1, 0.15) is 11.3 Å². The van der Waals surface area contributed by atoms with Crippen LogP contribution in [0.4, 0.5) is 5.69 Å². The van der Waals surface area contributed by atoms with Gasteiger partial charge in [-0.05, 0) is 48.4 Å². The molecule has 1 aromatic carbocycles. The molecule has 2 rings (SSSR count). The lowest BCUT2D eigenvalue weighted by Crippen LogP contribution is -2.49. The van der Waals surface area contributed by atoms with Gasteiger partial charge in [-0.1, -0.05) is 20.8 Å². The van der Waals surface area contributed by atoms with Crippen LogP contribution in [0.15, 0.2) is 24.3 Å². The highest BCUT2D eigenvalue weighted by molar-refractivity contribution is 5.84. The summed E-state index contributed by atoms with van der Waals surface area (Å²) in [6, 6.07) is 7.40. The molecular formula is C16H23NO3. The summed E-state index contributed by atoms with van der Waals surface area (Å²) in [6.07, 6.45) is 1.53. The van der Waals surface area contributed by atoms with Gasteiger partial charge < -0.3 is 15.2 Å². The molecule has 1 saturated carbocycles. The third kappa shape index (κ3) is 2.60. The lowest BCUT2D eigenvalue weighted by molar-refractivity contribution is -0.143. The van der Waals surface area contributed by atoms with Crippen molar-refractivity contribution in [1.29, 1.82) is 0 Å². The van der Waals surface area contributed by atoms with Crippen LogP contribution in [0.25, 0.3) is 0 Å². The maximum atomic E-state index is 11.9. The number of carbonyl (C=O) groups is 1. The SMILES string of the molecule is COc1ccc(NC2(C(=O)O)CC(C)(C)CC2C)cc1. The topological polar surface area (TPSA) is 58.6 Å². The number of hydrogen-bond acceptors (Lipinski definition) is 3. The van der Waals surface area contributed by atoms with E-state index in [1.54, 1.807) is 7.11 Å². The molecule has 0 saturated heterocycles. The number of rotatable bonds is 4. The number of carboxylic acids is 1. The monoisotopic (exact) mass is 277 g/mol. The summed E-state index contributed by atoms with van der Waals surface area (Å²) >= 11 is 0. The summed E-state index contributed by atoms with van der Waals surface area (Å²) in [7, 11) is 1.61. The number of nitrogens with one attached hydrogen (secondary N) is 1. The number of methoxy groups -OCH3 is 1. The van der Waals surface area contributed by atoms with Gasteiger partial charge >= 0.3 is 5.97 Å². The van der Waals surface area contributed by atoms with Crippen LogP contribution >= 0.6 is 0 Å².